The van der Waals surface area contributed by atoms with Gasteiger partial charge in [0.05, 0.1) is 4.90 Å². The van der Waals surface area contributed by atoms with E-state index >= 15 is 0 Å². The number of sulfone groups is 1. The maximum Gasteiger partial charge on any atom is 0.191 e. The lowest BCUT2D eigenvalue weighted by atomic mass is 9.98. The van der Waals surface area contributed by atoms with E-state index in [4.69, 9.17) is 0 Å². The molecule has 1 N–H and O–H groups in total. The Morgan fingerprint density at radius 1 is 1.17 bits per heavy atom. The van der Waals surface area contributed by atoms with Gasteiger partial charge in [-0.25, -0.2) is 18.4 Å². The van der Waals surface area contributed by atoms with Crippen LogP contribution in [0.1, 0.15) is 18.9 Å². The Hall–Kier alpha value is -2.25. The summed E-state index contributed by atoms with van der Waals surface area (Å²) in [6.45, 7) is 1.83. The van der Waals surface area contributed by atoms with Crippen LogP contribution in [0.2, 0.25) is 0 Å². The lowest BCUT2D eigenvalue weighted by molar-refractivity contribution is 0.0486. The topological polar surface area (TPSA) is 82.9 Å². The number of hydrogen-bond donors (Lipinski definition) is 1. The van der Waals surface area contributed by atoms with Crippen LogP contribution in [0, 0.1) is 0 Å². The summed E-state index contributed by atoms with van der Waals surface area (Å²) in [5.74, 6) is 0.389. The second-order valence-electron chi connectivity index (χ2n) is 5.63. The van der Waals surface area contributed by atoms with Gasteiger partial charge >= 0.3 is 0 Å². The van der Waals surface area contributed by atoms with Crippen molar-refractivity contribution in [3.05, 3.63) is 54.2 Å². The van der Waals surface area contributed by atoms with Gasteiger partial charge in [-0.1, -0.05) is 30.3 Å². The van der Waals surface area contributed by atoms with Crippen LogP contribution in [-0.4, -0.2) is 30.5 Å². The van der Waals surface area contributed by atoms with E-state index in [0.717, 1.165) is 12.0 Å². The first kappa shape index (κ1) is 15.6. The molecule has 1 unspecified atom stereocenters. The van der Waals surface area contributed by atoms with Crippen molar-refractivity contribution < 1.29 is 13.5 Å². The molecular weight excluding hydrogens is 314 g/mol. The van der Waals surface area contributed by atoms with E-state index in [0.29, 0.717) is 17.8 Å². The first-order valence-corrected chi connectivity index (χ1v) is 8.98. The number of hydrazone groups is 1. The fourth-order valence-electron chi connectivity index (χ4n) is 2.61. The minimum Gasteiger partial charge on any atom is -0.365 e. The van der Waals surface area contributed by atoms with Gasteiger partial charge in [-0.15, -0.1) is 0 Å². The Balaban J connectivity index is 2.03. The molecular formula is C16H17N3O3S. The highest BCUT2D eigenvalue weighted by molar-refractivity contribution is 7.90. The first-order valence-electron chi connectivity index (χ1n) is 7.09. The van der Waals surface area contributed by atoms with Gasteiger partial charge in [0, 0.05) is 30.1 Å². The van der Waals surface area contributed by atoms with Crippen LogP contribution < -0.4 is 5.01 Å². The van der Waals surface area contributed by atoms with Crippen molar-refractivity contribution in [3.8, 4) is 0 Å². The summed E-state index contributed by atoms with van der Waals surface area (Å²) in [6.07, 6.45) is 2.76. The molecule has 0 bridgehead atoms. The van der Waals surface area contributed by atoms with Gasteiger partial charge < -0.3 is 5.11 Å². The van der Waals surface area contributed by atoms with Crippen molar-refractivity contribution in [2.45, 2.75) is 24.0 Å². The molecule has 1 aromatic carbocycles. The Labute approximate surface area is 135 Å². The van der Waals surface area contributed by atoms with Crippen molar-refractivity contribution in [1.82, 2.24) is 4.98 Å². The molecule has 1 aliphatic heterocycles. The zero-order valence-electron chi connectivity index (χ0n) is 12.8. The Morgan fingerprint density at radius 3 is 2.43 bits per heavy atom. The van der Waals surface area contributed by atoms with E-state index in [9.17, 15) is 13.5 Å². The molecule has 0 fully saturated rings. The maximum atomic E-state index is 11.5. The zero-order chi connectivity index (χ0) is 16.7. The lowest BCUT2D eigenvalue weighted by Crippen LogP contribution is -2.40. The average molecular weight is 331 g/mol. The number of pyridine rings is 1. The molecule has 0 spiro atoms. The summed E-state index contributed by atoms with van der Waals surface area (Å²) in [4.78, 5) is 4.29. The highest BCUT2D eigenvalue weighted by Gasteiger charge is 2.42. The molecule has 3 rings (SSSR count). The molecule has 0 saturated heterocycles. The minimum absolute atomic E-state index is 0.129. The third-order valence-corrected chi connectivity index (χ3v) is 4.82. The largest absolute Gasteiger partial charge is 0.365 e. The van der Waals surface area contributed by atoms with Gasteiger partial charge in [-0.05, 0) is 19.1 Å². The van der Waals surface area contributed by atoms with E-state index in [2.05, 4.69) is 10.1 Å². The molecule has 0 amide bonds. The zero-order valence-corrected chi connectivity index (χ0v) is 13.7. The van der Waals surface area contributed by atoms with E-state index in [1.165, 1.54) is 17.3 Å². The molecule has 2 aromatic rings. The number of rotatable bonds is 3. The van der Waals surface area contributed by atoms with Crippen LogP contribution >= 0.6 is 0 Å². The van der Waals surface area contributed by atoms with Gasteiger partial charge in [-0.3, -0.25) is 0 Å². The van der Waals surface area contributed by atoms with Gasteiger partial charge in [-0.2, -0.15) is 5.10 Å². The number of benzene rings is 1. The maximum absolute atomic E-state index is 11.5. The van der Waals surface area contributed by atoms with Crippen molar-refractivity contribution >= 4 is 21.4 Å². The summed E-state index contributed by atoms with van der Waals surface area (Å²) in [5.41, 5.74) is 0.144. The Morgan fingerprint density at radius 2 is 1.87 bits per heavy atom. The van der Waals surface area contributed by atoms with Crippen LogP contribution in [0.5, 0.6) is 0 Å². The third kappa shape index (κ3) is 2.85. The standard InChI is InChI=1S/C16H17N3O3S/c1-12-10-16(20,13-6-4-3-5-7-13)19(18-12)15-9-8-14(11-17-15)23(2,21)22/h3-9,11,20H,10H2,1-2H3. The molecule has 0 aliphatic carbocycles. The minimum atomic E-state index is -3.31. The summed E-state index contributed by atoms with van der Waals surface area (Å²) in [6, 6.07) is 12.2. The van der Waals surface area contributed by atoms with Crippen LogP contribution in [0.3, 0.4) is 0 Å². The van der Waals surface area contributed by atoms with E-state index in [1.54, 1.807) is 6.07 Å². The molecule has 23 heavy (non-hydrogen) atoms. The van der Waals surface area contributed by atoms with E-state index in [1.807, 2.05) is 37.3 Å². The Bertz CT molecular complexity index is 848. The number of nitrogens with zero attached hydrogens (tertiary/aromatic N) is 3. The summed E-state index contributed by atoms with van der Waals surface area (Å²) < 4.78 is 23.1. The molecule has 1 aromatic heterocycles. The fraction of sp³-hybridized carbons (Fsp3) is 0.250. The smallest absolute Gasteiger partial charge is 0.191 e. The van der Waals surface area contributed by atoms with Crippen molar-refractivity contribution in [2.75, 3.05) is 11.3 Å². The summed E-state index contributed by atoms with van der Waals surface area (Å²) >= 11 is 0. The van der Waals surface area contributed by atoms with Crippen molar-refractivity contribution in [2.24, 2.45) is 5.10 Å². The van der Waals surface area contributed by atoms with Gasteiger partial charge in [0.25, 0.3) is 0 Å². The van der Waals surface area contributed by atoms with Crippen LogP contribution in [-0.2, 0) is 15.6 Å². The number of aromatic nitrogens is 1. The predicted molar refractivity (Wildman–Crippen MR) is 87.9 cm³/mol. The average Bonchev–Trinajstić information content (AvgIpc) is 2.83. The number of anilines is 1. The van der Waals surface area contributed by atoms with Crippen molar-refractivity contribution in [1.29, 1.82) is 0 Å². The molecule has 1 atom stereocenters. The van der Waals surface area contributed by atoms with Gasteiger partial charge in [0.1, 0.15) is 0 Å². The van der Waals surface area contributed by atoms with Crippen LogP contribution in [0.4, 0.5) is 5.82 Å². The highest BCUT2D eigenvalue weighted by Crippen LogP contribution is 2.38. The van der Waals surface area contributed by atoms with Gasteiger partial charge in [0.15, 0.2) is 21.4 Å². The molecule has 7 heteroatoms. The quantitative estimate of drug-likeness (QED) is 0.929. The molecule has 0 saturated carbocycles. The monoisotopic (exact) mass is 331 g/mol. The Kier molecular flexibility index (Phi) is 3.69. The third-order valence-electron chi connectivity index (χ3n) is 3.73. The lowest BCUT2D eigenvalue weighted by Gasteiger charge is -2.32. The molecule has 120 valence electrons. The number of hydrogen-bond acceptors (Lipinski definition) is 6. The number of aliphatic hydroxyl groups is 1. The predicted octanol–water partition coefficient (Wildman–Crippen LogP) is 1.92. The van der Waals surface area contributed by atoms with E-state index < -0.39 is 15.6 Å². The SMILES string of the molecule is CC1=NN(c2ccc(S(C)(=O)=O)cn2)C(O)(c2ccccc2)C1. The molecule has 6 nitrogen and oxygen atoms in total. The normalized spacial score (nSPS) is 21.3. The first-order chi connectivity index (χ1) is 10.8. The summed E-state index contributed by atoms with van der Waals surface area (Å²) in [5, 5.41) is 16.9. The molecule has 2 heterocycles. The summed E-state index contributed by atoms with van der Waals surface area (Å²) in [7, 11) is -3.31. The second-order valence-corrected chi connectivity index (χ2v) is 7.65. The second kappa shape index (κ2) is 5.43. The highest BCUT2D eigenvalue weighted by atomic mass is 32.2. The molecule has 0 radical (unpaired) electrons. The van der Waals surface area contributed by atoms with Gasteiger partial charge in [0.2, 0.25) is 0 Å². The van der Waals surface area contributed by atoms with E-state index in [-0.39, 0.29) is 4.90 Å². The van der Waals surface area contributed by atoms with Crippen molar-refractivity contribution in [3.63, 3.8) is 0 Å². The van der Waals surface area contributed by atoms with Crippen LogP contribution in [0.15, 0.2) is 58.7 Å². The van der Waals surface area contributed by atoms with Crippen LogP contribution in [0.25, 0.3) is 0 Å². The fourth-order valence-corrected chi connectivity index (χ4v) is 3.17. The molecule has 1 aliphatic rings.